The van der Waals surface area contributed by atoms with Gasteiger partial charge in [-0.1, -0.05) is 59.1 Å². The zero-order chi connectivity index (χ0) is 42.6. The number of halogens is 3. The van der Waals surface area contributed by atoms with Crippen molar-refractivity contribution >= 4 is 52.9 Å². The molecule has 3 amide bonds. The van der Waals surface area contributed by atoms with Gasteiger partial charge in [0.15, 0.2) is 5.75 Å². The number of benzene rings is 3. The topological polar surface area (TPSA) is 97.8 Å². The van der Waals surface area contributed by atoms with Crippen molar-refractivity contribution in [2.75, 3.05) is 32.8 Å². The molecule has 0 bridgehead atoms. The van der Waals surface area contributed by atoms with E-state index in [1.54, 1.807) is 21.9 Å². The quantitative estimate of drug-likeness (QED) is 0.149. The maximum absolute atomic E-state index is 14.9. The summed E-state index contributed by atoms with van der Waals surface area (Å²) in [6.07, 6.45) is 3.80. The van der Waals surface area contributed by atoms with E-state index in [-0.39, 0.29) is 43.7 Å². The van der Waals surface area contributed by atoms with Crippen LogP contribution in [0.2, 0.25) is 15.1 Å². The Bertz CT molecular complexity index is 1950. The van der Waals surface area contributed by atoms with E-state index in [9.17, 15) is 14.4 Å². The first-order valence-corrected chi connectivity index (χ1v) is 21.8. The van der Waals surface area contributed by atoms with E-state index in [1.165, 1.54) is 0 Å². The van der Waals surface area contributed by atoms with Crippen LogP contribution in [0.25, 0.3) is 0 Å². The highest BCUT2D eigenvalue weighted by Gasteiger charge is 2.43. The molecule has 59 heavy (non-hydrogen) atoms. The highest BCUT2D eigenvalue weighted by Crippen LogP contribution is 2.40. The van der Waals surface area contributed by atoms with E-state index in [2.05, 4.69) is 0 Å². The molecule has 0 aromatic heterocycles. The fourth-order valence-corrected chi connectivity index (χ4v) is 8.30. The number of amides is 3. The largest absolute Gasteiger partial charge is 0.490 e. The van der Waals surface area contributed by atoms with Crippen molar-refractivity contribution in [3.05, 3.63) is 91.9 Å². The summed E-state index contributed by atoms with van der Waals surface area (Å²) in [6.45, 7) is 15.6. The van der Waals surface area contributed by atoms with Gasteiger partial charge in [0.05, 0.1) is 16.0 Å². The highest BCUT2D eigenvalue weighted by atomic mass is 35.5. The van der Waals surface area contributed by atoms with Crippen molar-refractivity contribution in [1.29, 1.82) is 0 Å². The minimum absolute atomic E-state index is 0.0257. The van der Waals surface area contributed by atoms with E-state index >= 15 is 0 Å². The molecule has 1 saturated heterocycles. The van der Waals surface area contributed by atoms with Crippen LogP contribution in [0.3, 0.4) is 0 Å². The van der Waals surface area contributed by atoms with Crippen molar-refractivity contribution < 1.29 is 33.3 Å². The number of piperidine rings is 1. The molecule has 1 heterocycles. The maximum Gasteiger partial charge on any atom is 0.410 e. The Morgan fingerprint density at radius 3 is 2.02 bits per heavy atom. The van der Waals surface area contributed by atoms with E-state index in [0.717, 1.165) is 47.9 Å². The van der Waals surface area contributed by atoms with Gasteiger partial charge in [0.1, 0.15) is 30.2 Å². The average molecular weight is 871 g/mol. The molecule has 1 aliphatic heterocycles. The van der Waals surface area contributed by atoms with Gasteiger partial charge < -0.3 is 33.6 Å². The molecule has 3 aromatic carbocycles. The number of likely N-dealkylation sites (tertiary alicyclic amines) is 1. The number of hydrogen-bond acceptors (Lipinski definition) is 7. The van der Waals surface area contributed by atoms with Crippen molar-refractivity contribution in [2.24, 2.45) is 11.8 Å². The second kappa shape index (κ2) is 18.8. The number of carbonyl (C=O) groups excluding carboxylic acids is 3. The van der Waals surface area contributed by atoms with Gasteiger partial charge in [0, 0.05) is 43.8 Å². The van der Waals surface area contributed by atoms with Crippen molar-refractivity contribution in [3.8, 4) is 11.5 Å². The molecular formula is C46H58Cl3N3O7. The van der Waals surface area contributed by atoms with E-state index < -0.39 is 23.2 Å². The molecule has 0 N–H and O–H groups in total. The lowest BCUT2D eigenvalue weighted by Gasteiger charge is -2.40. The van der Waals surface area contributed by atoms with Crippen molar-refractivity contribution in [1.82, 2.24) is 14.7 Å². The summed E-state index contributed by atoms with van der Waals surface area (Å²) >= 11 is 19.5. The predicted molar refractivity (Wildman–Crippen MR) is 232 cm³/mol. The Balaban J connectivity index is 1.18. The summed E-state index contributed by atoms with van der Waals surface area (Å²) in [7, 11) is 0. The van der Waals surface area contributed by atoms with E-state index in [1.807, 2.05) is 95.8 Å². The molecule has 2 atom stereocenters. The van der Waals surface area contributed by atoms with Gasteiger partial charge in [0.25, 0.3) is 0 Å². The number of hydrogen-bond donors (Lipinski definition) is 0. The van der Waals surface area contributed by atoms with Crippen molar-refractivity contribution in [2.45, 2.75) is 117 Å². The Labute approximate surface area is 364 Å². The molecule has 13 heteroatoms. The van der Waals surface area contributed by atoms with Gasteiger partial charge >= 0.3 is 12.2 Å². The number of ether oxygens (including phenoxy) is 4. The molecule has 6 rings (SSSR count). The zero-order valence-electron chi connectivity index (χ0n) is 35.3. The van der Waals surface area contributed by atoms with Crippen LogP contribution in [0.4, 0.5) is 9.59 Å². The molecule has 10 nitrogen and oxygen atoms in total. The molecular weight excluding hydrogens is 813 g/mol. The SMILES string of the molecule is Cc1cc(Cl)c(OCCOc2ccc(C3CCN(C(=O)OC(C)(C)C)CC3C(=O)N(Cc3cc(CN(CC4CC4)C(=O)OC(C)(C)C)ccc3Cl)C3CC3)cc2)c(Cl)c1. The minimum atomic E-state index is -0.674. The standard InChI is InChI=1S/C46H58Cl3N3O7/c1-29-22-39(48)41(40(49)23-29)57-21-20-56-35-15-11-32(12-16-35)36-18-19-50(43(54)58-45(2,3)4)28-37(36)42(53)52(34-13-14-34)27-33-24-31(10-17-38(33)47)26-51(25-30-8-9-30)44(55)59-46(5,6)7/h10-12,15-17,22-24,30,34,36-37H,8-9,13-14,18-21,25-28H2,1-7H3. The molecule has 2 saturated carbocycles. The molecule has 0 spiro atoms. The minimum Gasteiger partial charge on any atom is -0.490 e. The summed E-state index contributed by atoms with van der Waals surface area (Å²) in [5, 5.41) is 1.45. The fraction of sp³-hybridized carbons (Fsp3) is 0.543. The first-order valence-electron chi connectivity index (χ1n) is 20.7. The molecule has 320 valence electrons. The van der Waals surface area contributed by atoms with Crippen LogP contribution < -0.4 is 9.47 Å². The zero-order valence-corrected chi connectivity index (χ0v) is 37.6. The number of carbonyl (C=O) groups is 3. The van der Waals surface area contributed by atoms with Gasteiger partial charge in [-0.05, 0) is 145 Å². The molecule has 0 radical (unpaired) electrons. The van der Waals surface area contributed by atoms with Crippen LogP contribution in [0.1, 0.15) is 102 Å². The van der Waals surface area contributed by atoms with Crippen LogP contribution in [-0.2, 0) is 27.4 Å². The number of nitrogens with zero attached hydrogens (tertiary/aromatic N) is 3. The first-order chi connectivity index (χ1) is 27.8. The third kappa shape index (κ3) is 12.8. The van der Waals surface area contributed by atoms with Crippen LogP contribution >= 0.6 is 34.8 Å². The Morgan fingerprint density at radius 1 is 0.763 bits per heavy atom. The lowest BCUT2D eigenvalue weighted by molar-refractivity contribution is -0.139. The summed E-state index contributed by atoms with van der Waals surface area (Å²) in [5.74, 6) is 0.858. The molecule has 2 unspecified atom stereocenters. The van der Waals surface area contributed by atoms with Gasteiger partial charge in [0.2, 0.25) is 5.91 Å². The lowest BCUT2D eigenvalue weighted by atomic mass is 9.79. The third-order valence-electron chi connectivity index (χ3n) is 10.6. The lowest BCUT2D eigenvalue weighted by Crippen LogP contribution is -2.51. The smallest absolute Gasteiger partial charge is 0.410 e. The normalized spacial score (nSPS) is 18.2. The second-order valence-electron chi connectivity index (χ2n) is 18.2. The number of aryl methyl sites for hydroxylation is 1. The third-order valence-corrected chi connectivity index (χ3v) is 11.5. The maximum atomic E-state index is 14.9. The first kappa shape index (κ1) is 44.7. The van der Waals surface area contributed by atoms with E-state index in [4.69, 9.17) is 53.8 Å². The summed E-state index contributed by atoms with van der Waals surface area (Å²) in [5.41, 5.74) is 2.39. The Hall–Kier alpha value is -3.86. The predicted octanol–water partition coefficient (Wildman–Crippen LogP) is 11.1. The van der Waals surface area contributed by atoms with Crippen LogP contribution in [0, 0.1) is 18.8 Å². The second-order valence-corrected chi connectivity index (χ2v) is 19.4. The molecule has 3 aliphatic rings. The Kier molecular flexibility index (Phi) is 14.3. The van der Waals surface area contributed by atoms with Gasteiger partial charge in [-0.25, -0.2) is 9.59 Å². The summed E-state index contributed by atoms with van der Waals surface area (Å²) < 4.78 is 23.3. The molecule has 3 aromatic rings. The van der Waals surface area contributed by atoms with Crippen molar-refractivity contribution in [3.63, 3.8) is 0 Å². The van der Waals surface area contributed by atoms with E-state index in [0.29, 0.717) is 65.1 Å². The molecule has 2 aliphatic carbocycles. The highest BCUT2D eigenvalue weighted by molar-refractivity contribution is 6.37. The molecule has 3 fully saturated rings. The summed E-state index contributed by atoms with van der Waals surface area (Å²) in [6, 6.07) is 17.3. The van der Waals surface area contributed by atoms with Gasteiger partial charge in [-0.3, -0.25) is 4.79 Å². The van der Waals surface area contributed by atoms with Gasteiger partial charge in [-0.2, -0.15) is 0 Å². The number of rotatable bonds is 14. The average Bonchev–Trinajstić information content (AvgIpc) is 4.09. The van der Waals surface area contributed by atoms with Gasteiger partial charge in [-0.15, -0.1) is 0 Å². The van der Waals surface area contributed by atoms with Crippen LogP contribution in [-0.4, -0.2) is 82.9 Å². The van der Waals surface area contributed by atoms with Crippen LogP contribution in [0.15, 0.2) is 54.6 Å². The Morgan fingerprint density at radius 2 is 1.41 bits per heavy atom. The fourth-order valence-electron chi connectivity index (χ4n) is 7.41. The monoisotopic (exact) mass is 869 g/mol. The summed E-state index contributed by atoms with van der Waals surface area (Å²) in [4.78, 5) is 47.0. The van der Waals surface area contributed by atoms with Crippen LogP contribution in [0.5, 0.6) is 11.5 Å².